The summed E-state index contributed by atoms with van der Waals surface area (Å²) in [6.07, 6.45) is 2.03. The van der Waals surface area contributed by atoms with Crippen LogP contribution in [0, 0.1) is 6.92 Å². The highest BCUT2D eigenvalue weighted by molar-refractivity contribution is 5.69. The first-order valence-electron chi connectivity index (χ1n) is 6.67. The average Bonchev–Trinajstić information content (AvgIpc) is 2.27. The Labute approximate surface area is 115 Å². The molecule has 3 nitrogen and oxygen atoms in total. The number of carbonyl (C=O) groups is 1. The zero-order chi connectivity index (χ0) is 14.5. The molecular formula is C16H24O3. The fourth-order valence-corrected chi connectivity index (χ4v) is 1.92. The van der Waals surface area contributed by atoms with Crippen LogP contribution in [0.3, 0.4) is 0 Å². The number of carbonyl (C=O) groups excluding carboxylic acids is 1. The second-order valence-electron chi connectivity index (χ2n) is 5.76. The maximum atomic E-state index is 11.6. The van der Waals surface area contributed by atoms with Crippen LogP contribution in [0.4, 0.5) is 0 Å². The number of benzene rings is 1. The van der Waals surface area contributed by atoms with Gasteiger partial charge in [-0.1, -0.05) is 17.7 Å². The number of hydrogen-bond donors (Lipinski definition) is 0. The van der Waals surface area contributed by atoms with E-state index in [1.165, 1.54) is 5.56 Å². The monoisotopic (exact) mass is 264 g/mol. The largest absolute Gasteiger partial charge is 0.496 e. The lowest BCUT2D eigenvalue weighted by molar-refractivity contribution is -0.154. The minimum atomic E-state index is -0.405. The van der Waals surface area contributed by atoms with Crippen molar-refractivity contribution in [2.24, 2.45) is 0 Å². The second kappa shape index (κ2) is 6.60. The number of esters is 1. The number of hydrogen-bond acceptors (Lipinski definition) is 3. The maximum Gasteiger partial charge on any atom is 0.306 e. The first-order valence-corrected chi connectivity index (χ1v) is 6.67. The lowest BCUT2D eigenvalue weighted by Gasteiger charge is -2.19. The van der Waals surface area contributed by atoms with Crippen LogP contribution in [0.5, 0.6) is 5.75 Å². The van der Waals surface area contributed by atoms with Gasteiger partial charge in [-0.05, 0) is 52.2 Å². The van der Waals surface area contributed by atoms with Gasteiger partial charge in [0.25, 0.3) is 0 Å². The standard InChI is InChI=1S/C16H24O3/c1-12-9-10-14(18-5)13(11-12)7-6-8-15(17)19-16(2,3)4/h9-11H,6-8H2,1-5H3. The van der Waals surface area contributed by atoms with E-state index >= 15 is 0 Å². The third-order valence-electron chi connectivity index (χ3n) is 2.68. The Morgan fingerprint density at radius 3 is 2.53 bits per heavy atom. The van der Waals surface area contributed by atoms with Crippen LogP contribution in [0.1, 0.15) is 44.7 Å². The molecule has 0 amide bonds. The van der Waals surface area contributed by atoms with E-state index in [0.717, 1.165) is 24.2 Å². The number of ether oxygens (including phenoxy) is 2. The Hall–Kier alpha value is -1.51. The smallest absolute Gasteiger partial charge is 0.306 e. The van der Waals surface area contributed by atoms with Gasteiger partial charge < -0.3 is 9.47 Å². The Balaban J connectivity index is 2.49. The Kier molecular flexibility index (Phi) is 5.40. The van der Waals surface area contributed by atoms with Crippen LogP contribution in [-0.2, 0) is 16.0 Å². The molecule has 0 atom stereocenters. The third kappa shape index (κ3) is 5.77. The molecule has 0 saturated carbocycles. The van der Waals surface area contributed by atoms with Crippen molar-refractivity contribution in [1.82, 2.24) is 0 Å². The molecule has 0 aliphatic heterocycles. The van der Waals surface area contributed by atoms with Crippen LogP contribution < -0.4 is 4.74 Å². The lowest BCUT2D eigenvalue weighted by Crippen LogP contribution is -2.23. The molecule has 0 bridgehead atoms. The normalized spacial score (nSPS) is 11.2. The van der Waals surface area contributed by atoms with Gasteiger partial charge >= 0.3 is 5.97 Å². The van der Waals surface area contributed by atoms with Crippen molar-refractivity contribution in [2.45, 2.75) is 52.6 Å². The first kappa shape index (κ1) is 15.5. The summed E-state index contributed by atoms with van der Waals surface area (Å²) in [6, 6.07) is 6.10. The summed E-state index contributed by atoms with van der Waals surface area (Å²) in [5, 5.41) is 0. The molecule has 0 fully saturated rings. The molecular weight excluding hydrogens is 240 g/mol. The molecule has 3 heteroatoms. The molecule has 0 unspecified atom stereocenters. The zero-order valence-corrected chi connectivity index (χ0v) is 12.6. The minimum absolute atomic E-state index is 0.140. The zero-order valence-electron chi connectivity index (χ0n) is 12.6. The molecule has 0 heterocycles. The van der Waals surface area contributed by atoms with E-state index in [2.05, 4.69) is 13.0 Å². The summed E-state index contributed by atoms with van der Waals surface area (Å²) in [5.74, 6) is 0.744. The lowest BCUT2D eigenvalue weighted by atomic mass is 10.0. The van der Waals surface area contributed by atoms with E-state index in [1.807, 2.05) is 32.9 Å². The minimum Gasteiger partial charge on any atom is -0.496 e. The highest BCUT2D eigenvalue weighted by Gasteiger charge is 2.15. The topological polar surface area (TPSA) is 35.5 Å². The van der Waals surface area contributed by atoms with Crippen LogP contribution in [-0.4, -0.2) is 18.7 Å². The van der Waals surface area contributed by atoms with Gasteiger partial charge in [-0.15, -0.1) is 0 Å². The molecule has 0 spiro atoms. The molecule has 1 rings (SSSR count). The van der Waals surface area contributed by atoms with Gasteiger partial charge in [-0.3, -0.25) is 4.79 Å². The molecule has 1 aromatic carbocycles. The van der Waals surface area contributed by atoms with Gasteiger partial charge in [-0.2, -0.15) is 0 Å². The maximum absolute atomic E-state index is 11.6. The molecule has 0 aliphatic carbocycles. The molecule has 0 N–H and O–H groups in total. The third-order valence-corrected chi connectivity index (χ3v) is 2.68. The second-order valence-corrected chi connectivity index (χ2v) is 5.76. The fraction of sp³-hybridized carbons (Fsp3) is 0.562. The SMILES string of the molecule is COc1ccc(C)cc1CCCC(=O)OC(C)(C)C. The molecule has 19 heavy (non-hydrogen) atoms. The van der Waals surface area contributed by atoms with E-state index in [-0.39, 0.29) is 5.97 Å². The van der Waals surface area contributed by atoms with Gasteiger partial charge in [0.15, 0.2) is 0 Å². The summed E-state index contributed by atoms with van der Waals surface area (Å²) < 4.78 is 10.6. The Morgan fingerprint density at radius 1 is 1.26 bits per heavy atom. The van der Waals surface area contributed by atoms with E-state index in [9.17, 15) is 4.79 Å². The van der Waals surface area contributed by atoms with Gasteiger partial charge in [0.2, 0.25) is 0 Å². The van der Waals surface area contributed by atoms with Gasteiger partial charge in [0, 0.05) is 6.42 Å². The quantitative estimate of drug-likeness (QED) is 0.761. The van der Waals surface area contributed by atoms with Crippen molar-refractivity contribution < 1.29 is 14.3 Å². The van der Waals surface area contributed by atoms with E-state index in [0.29, 0.717) is 6.42 Å². The summed E-state index contributed by atoms with van der Waals surface area (Å²) in [7, 11) is 1.67. The highest BCUT2D eigenvalue weighted by atomic mass is 16.6. The van der Waals surface area contributed by atoms with Crippen LogP contribution in [0.2, 0.25) is 0 Å². The van der Waals surface area contributed by atoms with Crippen LogP contribution >= 0.6 is 0 Å². The molecule has 0 saturated heterocycles. The number of rotatable bonds is 5. The molecule has 0 radical (unpaired) electrons. The summed E-state index contributed by atoms with van der Waals surface area (Å²) in [5.41, 5.74) is 1.94. The summed E-state index contributed by atoms with van der Waals surface area (Å²) in [4.78, 5) is 11.6. The predicted molar refractivity (Wildman–Crippen MR) is 76.5 cm³/mol. The van der Waals surface area contributed by atoms with Crippen molar-refractivity contribution in [3.63, 3.8) is 0 Å². The highest BCUT2D eigenvalue weighted by Crippen LogP contribution is 2.22. The van der Waals surface area contributed by atoms with Crippen LogP contribution in [0.15, 0.2) is 18.2 Å². The van der Waals surface area contributed by atoms with Crippen molar-refractivity contribution >= 4 is 5.97 Å². The van der Waals surface area contributed by atoms with Gasteiger partial charge in [0.05, 0.1) is 7.11 Å². The number of methoxy groups -OCH3 is 1. The molecule has 1 aromatic rings. The molecule has 0 aromatic heterocycles. The van der Waals surface area contributed by atoms with Gasteiger partial charge in [-0.25, -0.2) is 0 Å². The predicted octanol–water partition coefficient (Wildman–Crippen LogP) is 3.67. The first-order chi connectivity index (χ1) is 8.81. The summed E-state index contributed by atoms with van der Waals surface area (Å²) in [6.45, 7) is 7.70. The van der Waals surface area contributed by atoms with Crippen molar-refractivity contribution in [1.29, 1.82) is 0 Å². The number of aryl methyl sites for hydroxylation is 2. The van der Waals surface area contributed by atoms with E-state index in [1.54, 1.807) is 7.11 Å². The van der Waals surface area contributed by atoms with Crippen molar-refractivity contribution in [3.8, 4) is 5.75 Å². The molecule has 106 valence electrons. The van der Waals surface area contributed by atoms with Gasteiger partial charge in [0.1, 0.15) is 11.4 Å². The van der Waals surface area contributed by atoms with E-state index < -0.39 is 5.60 Å². The molecule has 0 aliphatic rings. The van der Waals surface area contributed by atoms with Crippen molar-refractivity contribution in [3.05, 3.63) is 29.3 Å². The fourth-order valence-electron chi connectivity index (χ4n) is 1.92. The Morgan fingerprint density at radius 2 is 1.95 bits per heavy atom. The summed E-state index contributed by atoms with van der Waals surface area (Å²) >= 11 is 0. The van der Waals surface area contributed by atoms with Crippen molar-refractivity contribution in [2.75, 3.05) is 7.11 Å². The van der Waals surface area contributed by atoms with E-state index in [4.69, 9.17) is 9.47 Å². The Bertz CT molecular complexity index is 430. The average molecular weight is 264 g/mol. The van der Waals surface area contributed by atoms with Crippen LogP contribution in [0.25, 0.3) is 0 Å².